The quantitative estimate of drug-likeness (QED) is 0.588. The Kier molecular flexibility index (Phi) is 7.83. The first-order valence-corrected chi connectivity index (χ1v) is 13.0. The van der Waals surface area contributed by atoms with Gasteiger partial charge in [0.1, 0.15) is 5.78 Å². The topological polar surface area (TPSA) is 97.2 Å². The highest BCUT2D eigenvalue weighted by atomic mass is 35.5. The standard InChI is InChI=1S/C23H29ClN2O4S/c1-3-21(27)20-14-25-17(13-26-20)12-22(28)18(10-15-6-4-5-7-15)16-8-9-23(19(24)11-16)31(2,29)30/h8-9,11,13-15,18,21,27H,3-7,10,12H2,1-2H3/t18-,21-/m1/s1. The molecule has 0 aliphatic heterocycles. The molecule has 1 saturated carbocycles. The lowest BCUT2D eigenvalue weighted by atomic mass is 9.83. The van der Waals surface area contributed by atoms with Crippen molar-refractivity contribution in [2.24, 2.45) is 5.92 Å². The molecule has 8 heteroatoms. The van der Waals surface area contributed by atoms with Crippen LogP contribution in [0.4, 0.5) is 0 Å². The van der Waals surface area contributed by atoms with Crippen LogP contribution < -0.4 is 0 Å². The van der Waals surface area contributed by atoms with Gasteiger partial charge in [0.05, 0.1) is 40.0 Å². The summed E-state index contributed by atoms with van der Waals surface area (Å²) in [7, 11) is -3.44. The van der Waals surface area contributed by atoms with Crippen molar-refractivity contribution in [3.05, 3.63) is 52.6 Å². The first kappa shape index (κ1) is 23.8. The molecule has 1 heterocycles. The van der Waals surface area contributed by atoms with Gasteiger partial charge in [-0.15, -0.1) is 0 Å². The van der Waals surface area contributed by atoms with E-state index in [1.54, 1.807) is 18.3 Å². The maximum absolute atomic E-state index is 13.3. The monoisotopic (exact) mass is 464 g/mol. The summed E-state index contributed by atoms with van der Waals surface area (Å²) in [5.74, 6) is 0.0977. The number of aliphatic hydroxyl groups is 1. The van der Waals surface area contributed by atoms with Gasteiger partial charge in [-0.25, -0.2) is 8.42 Å². The molecule has 1 aromatic carbocycles. The average Bonchev–Trinajstić information content (AvgIpc) is 3.24. The van der Waals surface area contributed by atoms with Gasteiger partial charge in [-0.2, -0.15) is 0 Å². The fourth-order valence-corrected chi connectivity index (χ4v) is 5.54. The number of aliphatic hydroxyl groups excluding tert-OH is 1. The molecule has 1 aliphatic carbocycles. The Morgan fingerprint density at radius 1 is 1.23 bits per heavy atom. The first-order chi connectivity index (χ1) is 14.7. The minimum absolute atomic E-state index is 0.00756. The van der Waals surface area contributed by atoms with Crippen molar-refractivity contribution in [2.45, 2.75) is 68.8 Å². The van der Waals surface area contributed by atoms with Crippen LogP contribution in [0.3, 0.4) is 0 Å². The van der Waals surface area contributed by atoms with Crippen molar-refractivity contribution >= 4 is 27.2 Å². The Bertz CT molecular complexity index is 1020. The number of hydrogen-bond acceptors (Lipinski definition) is 6. The molecule has 1 N–H and O–H groups in total. The maximum Gasteiger partial charge on any atom is 0.176 e. The Morgan fingerprint density at radius 3 is 2.48 bits per heavy atom. The first-order valence-electron chi connectivity index (χ1n) is 10.7. The minimum Gasteiger partial charge on any atom is -0.387 e. The number of Topliss-reactive ketones (excluding diaryl/α,β-unsaturated/α-hetero) is 1. The Labute approximate surface area is 189 Å². The molecule has 0 bridgehead atoms. The van der Waals surface area contributed by atoms with Crippen LogP contribution in [0.25, 0.3) is 0 Å². The fourth-order valence-electron chi connectivity index (χ4n) is 4.21. The van der Waals surface area contributed by atoms with Crippen molar-refractivity contribution in [3.8, 4) is 0 Å². The Balaban J connectivity index is 1.84. The number of benzene rings is 1. The molecule has 0 amide bonds. The molecule has 1 fully saturated rings. The van der Waals surface area contributed by atoms with Crippen molar-refractivity contribution in [2.75, 3.05) is 6.26 Å². The van der Waals surface area contributed by atoms with E-state index in [0.29, 0.717) is 30.1 Å². The number of aromatic nitrogens is 2. The summed E-state index contributed by atoms with van der Waals surface area (Å²) in [5.41, 5.74) is 1.77. The summed E-state index contributed by atoms with van der Waals surface area (Å²) < 4.78 is 23.8. The maximum atomic E-state index is 13.3. The average molecular weight is 465 g/mol. The number of rotatable bonds is 9. The number of carbonyl (C=O) groups is 1. The highest BCUT2D eigenvalue weighted by Gasteiger charge is 2.28. The van der Waals surface area contributed by atoms with Crippen molar-refractivity contribution in [3.63, 3.8) is 0 Å². The van der Waals surface area contributed by atoms with E-state index in [9.17, 15) is 18.3 Å². The normalized spacial score (nSPS) is 16.9. The van der Waals surface area contributed by atoms with Gasteiger partial charge in [0.2, 0.25) is 0 Å². The summed E-state index contributed by atoms with van der Waals surface area (Å²) in [4.78, 5) is 21.9. The minimum atomic E-state index is -3.44. The third-order valence-corrected chi connectivity index (χ3v) is 7.58. The second kappa shape index (κ2) is 10.2. The summed E-state index contributed by atoms with van der Waals surface area (Å²) in [6.07, 6.45) is 9.43. The van der Waals surface area contributed by atoms with Crippen LogP contribution >= 0.6 is 11.6 Å². The van der Waals surface area contributed by atoms with Gasteiger partial charge in [0, 0.05) is 18.4 Å². The lowest BCUT2D eigenvalue weighted by Crippen LogP contribution is -2.19. The molecule has 2 atom stereocenters. The van der Waals surface area contributed by atoms with Crippen molar-refractivity contribution < 1.29 is 18.3 Å². The van der Waals surface area contributed by atoms with Gasteiger partial charge in [-0.05, 0) is 36.5 Å². The predicted octanol–water partition coefficient (Wildman–Crippen LogP) is 4.45. The van der Waals surface area contributed by atoms with Gasteiger partial charge < -0.3 is 5.11 Å². The molecule has 2 aromatic rings. The molecule has 0 radical (unpaired) electrons. The smallest absolute Gasteiger partial charge is 0.176 e. The SMILES string of the molecule is CC[C@@H](O)c1cnc(CC(=O)[C@H](CC2CCCC2)c2ccc(S(C)(=O)=O)c(Cl)c2)cn1. The lowest BCUT2D eigenvalue weighted by Gasteiger charge is -2.21. The van der Waals surface area contributed by atoms with E-state index in [-0.39, 0.29) is 28.0 Å². The van der Waals surface area contributed by atoms with E-state index >= 15 is 0 Å². The predicted molar refractivity (Wildman–Crippen MR) is 120 cm³/mol. The number of nitrogens with zero attached hydrogens (tertiary/aromatic N) is 2. The zero-order chi connectivity index (χ0) is 22.6. The molecular weight excluding hydrogens is 436 g/mol. The molecule has 0 spiro atoms. The Morgan fingerprint density at radius 2 is 1.94 bits per heavy atom. The molecule has 3 rings (SSSR count). The van der Waals surface area contributed by atoms with Gasteiger partial charge in [0.15, 0.2) is 9.84 Å². The van der Waals surface area contributed by atoms with E-state index in [0.717, 1.165) is 24.7 Å². The van der Waals surface area contributed by atoms with Crippen LogP contribution in [0.15, 0.2) is 35.5 Å². The van der Waals surface area contributed by atoms with Crippen LogP contribution in [0.5, 0.6) is 0 Å². The van der Waals surface area contributed by atoms with Gasteiger partial charge in [0.25, 0.3) is 0 Å². The molecule has 0 saturated heterocycles. The van der Waals surface area contributed by atoms with E-state index in [2.05, 4.69) is 9.97 Å². The van der Waals surface area contributed by atoms with E-state index in [1.807, 2.05) is 6.92 Å². The number of carbonyl (C=O) groups excluding carboxylic acids is 1. The molecule has 168 valence electrons. The zero-order valence-corrected chi connectivity index (χ0v) is 19.5. The van der Waals surface area contributed by atoms with Crippen molar-refractivity contribution in [1.29, 1.82) is 0 Å². The molecule has 1 aromatic heterocycles. The van der Waals surface area contributed by atoms with Crippen LogP contribution in [0.2, 0.25) is 5.02 Å². The number of halogens is 1. The van der Waals surface area contributed by atoms with Crippen LogP contribution in [0, 0.1) is 5.92 Å². The highest BCUT2D eigenvalue weighted by Crippen LogP contribution is 2.36. The van der Waals surface area contributed by atoms with Gasteiger partial charge >= 0.3 is 0 Å². The molecule has 0 unspecified atom stereocenters. The van der Waals surface area contributed by atoms with E-state index < -0.39 is 15.9 Å². The fraction of sp³-hybridized carbons (Fsp3) is 0.522. The molecule has 1 aliphatic rings. The lowest BCUT2D eigenvalue weighted by molar-refractivity contribution is -0.120. The third kappa shape index (κ3) is 6.11. The third-order valence-electron chi connectivity index (χ3n) is 6.00. The Hall–Kier alpha value is -1.83. The largest absolute Gasteiger partial charge is 0.387 e. The number of ketones is 1. The van der Waals surface area contributed by atoms with Gasteiger partial charge in [-0.1, -0.05) is 50.3 Å². The summed E-state index contributed by atoms with van der Waals surface area (Å²) in [6.45, 7) is 1.86. The van der Waals surface area contributed by atoms with Crippen LogP contribution in [0.1, 0.15) is 74.4 Å². The second-order valence-electron chi connectivity index (χ2n) is 8.40. The summed E-state index contributed by atoms with van der Waals surface area (Å²) in [5, 5.41) is 10.0. The second-order valence-corrected chi connectivity index (χ2v) is 10.8. The highest BCUT2D eigenvalue weighted by molar-refractivity contribution is 7.90. The molecule has 31 heavy (non-hydrogen) atoms. The van der Waals surface area contributed by atoms with Crippen molar-refractivity contribution in [1.82, 2.24) is 9.97 Å². The zero-order valence-electron chi connectivity index (χ0n) is 17.9. The molecular formula is C23H29ClN2O4S. The van der Waals surface area contributed by atoms with Crippen LogP contribution in [-0.2, 0) is 21.1 Å². The van der Waals surface area contributed by atoms with Crippen LogP contribution in [-0.4, -0.2) is 35.5 Å². The van der Waals surface area contributed by atoms with Gasteiger partial charge in [-0.3, -0.25) is 14.8 Å². The van der Waals surface area contributed by atoms with E-state index in [4.69, 9.17) is 11.6 Å². The summed E-state index contributed by atoms with van der Waals surface area (Å²) in [6, 6.07) is 4.80. The molecule has 6 nitrogen and oxygen atoms in total. The number of hydrogen-bond donors (Lipinski definition) is 1. The van der Waals surface area contributed by atoms with E-state index in [1.165, 1.54) is 25.1 Å². The number of sulfone groups is 1. The summed E-state index contributed by atoms with van der Waals surface area (Å²) >= 11 is 6.26.